The van der Waals surface area contributed by atoms with Gasteiger partial charge in [-0.1, -0.05) is 17.7 Å². The number of rotatable bonds is 7. The fourth-order valence-corrected chi connectivity index (χ4v) is 10.3. The summed E-state index contributed by atoms with van der Waals surface area (Å²) in [7, 11) is 2.02. The SMILES string of the molecule is [C-]#[N+]c1ccc(N2CC3(CCN(c4ccc(N5CCC(N6CC(N(C)c7ccc8c(c7)C(=O)N(C7CCC(=O)NC7=O)C8=O)C6)CC5)nn4)CC3)C[C@@H]2C)cc1Cl. The number of piperidine rings is 3. The van der Waals surface area contributed by atoms with Crippen LogP contribution in [0.1, 0.15) is 72.6 Å². The van der Waals surface area contributed by atoms with Crippen LogP contribution in [-0.2, 0) is 9.59 Å². The van der Waals surface area contributed by atoms with E-state index in [-0.39, 0.29) is 30.2 Å². The average Bonchev–Trinajstić information content (AvgIpc) is 3.65. The third-order valence-corrected chi connectivity index (χ3v) is 13.8. The third kappa shape index (κ3) is 6.74. The number of hydrogen-bond donors (Lipinski definition) is 1. The van der Waals surface area contributed by atoms with Crippen LogP contribution in [0.15, 0.2) is 48.5 Å². The molecule has 2 atom stereocenters. The highest BCUT2D eigenvalue weighted by Crippen LogP contribution is 2.46. The molecule has 0 bridgehead atoms. The standard InChI is InChI=1S/C42H47ClN10O4/c1-26-22-42(25-52(26)29-5-7-34(44-2)33(43)21-29)14-18-50(19-15-42)37-10-9-36(46-47-37)49-16-12-27(13-17-49)51-23-30(24-51)48(3)28-4-6-31-32(20-28)41(57)53(40(31)56)35-8-11-38(54)45-39(35)55/h4-7,9-10,20-21,26-27,30,35H,8,11-19,22-25H2,1,3H3,(H,45,54,55)/t26-,35?/m0/s1. The van der Waals surface area contributed by atoms with Gasteiger partial charge in [-0.2, -0.15) is 0 Å². The van der Waals surface area contributed by atoms with E-state index in [1.54, 1.807) is 12.1 Å². The van der Waals surface area contributed by atoms with Crippen molar-refractivity contribution in [3.63, 3.8) is 0 Å². The quantitative estimate of drug-likeness (QED) is 0.263. The number of nitrogens with one attached hydrogen (secondary N) is 1. The zero-order chi connectivity index (χ0) is 39.6. The van der Waals surface area contributed by atoms with Gasteiger partial charge in [0.25, 0.3) is 11.8 Å². The number of carbonyl (C=O) groups excluding carboxylic acids is 4. The Hall–Kier alpha value is -5.26. The van der Waals surface area contributed by atoms with E-state index in [9.17, 15) is 19.2 Å². The molecule has 7 heterocycles. The summed E-state index contributed by atoms with van der Waals surface area (Å²) < 4.78 is 0. The molecule has 5 saturated heterocycles. The van der Waals surface area contributed by atoms with Crippen molar-refractivity contribution >= 4 is 63.9 Å². The van der Waals surface area contributed by atoms with Gasteiger partial charge in [-0.05, 0) is 93.3 Å². The number of anilines is 4. The van der Waals surface area contributed by atoms with Crippen LogP contribution >= 0.6 is 11.6 Å². The van der Waals surface area contributed by atoms with Crippen LogP contribution in [0.4, 0.5) is 28.7 Å². The first-order valence-corrected chi connectivity index (χ1v) is 20.5. The fraction of sp³-hybridized carbons (Fsp3) is 0.500. The molecule has 9 rings (SSSR count). The number of likely N-dealkylation sites (tertiary alicyclic amines) is 1. The number of amides is 4. The lowest BCUT2D eigenvalue weighted by Crippen LogP contribution is -2.63. The van der Waals surface area contributed by atoms with E-state index in [0.29, 0.717) is 33.9 Å². The highest BCUT2D eigenvalue weighted by molar-refractivity contribution is 6.33. The first-order chi connectivity index (χ1) is 27.5. The number of halogens is 1. The normalized spacial score (nSPS) is 24.2. The summed E-state index contributed by atoms with van der Waals surface area (Å²) in [5, 5.41) is 12.2. The Kier molecular flexibility index (Phi) is 9.56. The second-order valence-electron chi connectivity index (χ2n) is 16.8. The fourth-order valence-electron chi connectivity index (χ4n) is 10.0. The molecular formula is C42H47ClN10O4. The molecule has 296 valence electrons. The van der Waals surface area contributed by atoms with Gasteiger partial charge in [0, 0.05) is 87.8 Å². The molecule has 2 aromatic carbocycles. The van der Waals surface area contributed by atoms with E-state index in [1.165, 1.54) is 0 Å². The van der Waals surface area contributed by atoms with Gasteiger partial charge >= 0.3 is 0 Å². The summed E-state index contributed by atoms with van der Waals surface area (Å²) in [4.78, 5) is 67.0. The predicted octanol–water partition coefficient (Wildman–Crippen LogP) is 4.76. The van der Waals surface area contributed by atoms with Gasteiger partial charge in [0.05, 0.1) is 23.7 Å². The van der Waals surface area contributed by atoms with Crippen LogP contribution in [0.3, 0.4) is 0 Å². The van der Waals surface area contributed by atoms with Crippen molar-refractivity contribution in [3.8, 4) is 0 Å². The van der Waals surface area contributed by atoms with Gasteiger partial charge in [0.1, 0.15) is 6.04 Å². The molecule has 0 saturated carbocycles. The molecule has 1 unspecified atom stereocenters. The largest absolute Gasteiger partial charge is 0.369 e. The summed E-state index contributed by atoms with van der Waals surface area (Å²) >= 11 is 6.39. The highest BCUT2D eigenvalue weighted by Gasteiger charge is 2.46. The number of aromatic nitrogens is 2. The van der Waals surface area contributed by atoms with Gasteiger partial charge < -0.3 is 19.6 Å². The smallest absolute Gasteiger partial charge is 0.262 e. The van der Waals surface area contributed by atoms with Crippen molar-refractivity contribution in [2.24, 2.45) is 5.41 Å². The molecule has 15 heteroatoms. The molecule has 0 radical (unpaired) electrons. The molecule has 5 fully saturated rings. The minimum atomic E-state index is -0.971. The topological polar surface area (TPSA) is 130 Å². The molecule has 6 aliphatic heterocycles. The van der Waals surface area contributed by atoms with Gasteiger partial charge in [-0.3, -0.25) is 34.3 Å². The number of carbonyl (C=O) groups is 4. The second-order valence-corrected chi connectivity index (χ2v) is 17.2. The van der Waals surface area contributed by atoms with Gasteiger partial charge in [0.2, 0.25) is 17.5 Å². The summed E-state index contributed by atoms with van der Waals surface area (Å²) in [6, 6.07) is 15.6. The lowest BCUT2D eigenvalue weighted by molar-refractivity contribution is -0.136. The summed E-state index contributed by atoms with van der Waals surface area (Å²) in [6.07, 6.45) is 5.68. The Balaban J connectivity index is 0.738. The molecule has 1 spiro atoms. The van der Waals surface area contributed by atoms with Crippen LogP contribution in [0, 0.1) is 12.0 Å². The van der Waals surface area contributed by atoms with E-state index >= 15 is 0 Å². The Morgan fingerprint density at radius 1 is 0.877 bits per heavy atom. The zero-order valence-corrected chi connectivity index (χ0v) is 33.1. The van der Waals surface area contributed by atoms with Crippen molar-refractivity contribution in [2.75, 3.05) is 72.5 Å². The molecular weight excluding hydrogens is 744 g/mol. The Bertz CT molecular complexity index is 2150. The van der Waals surface area contributed by atoms with Crippen LogP contribution in [0.5, 0.6) is 0 Å². The summed E-state index contributed by atoms with van der Waals surface area (Å²) in [6.45, 7) is 16.2. The first-order valence-electron chi connectivity index (χ1n) is 20.1. The van der Waals surface area contributed by atoms with E-state index in [4.69, 9.17) is 23.3 Å². The van der Waals surface area contributed by atoms with Crippen molar-refractivity contribution in [2.45, 2.75) is 76.0 Å². The zero-order valence-electron chi connectivity index (χ0n) is 32.4. The molecule has 1 N–H and O–H groups in total. The number of benzene rings is 2. The van der Waals surface area contributed by atoms with E-state index in [0.717, 1.165) is 106 Å². The maximum atomic E-state index is 13.3. The van der Waals surface area contributed by atoms with Crippen LogP contribution in [0.25, 0.3) is 4.85 Å². The monoisotopic (exact) mass is 790 g/mol. The van der Waals surface area contributed by atoms with Crippen molar-refractivity contribution in [1.82, 2.24) is 25.3 Å². The highest BCUT2D eigenvalue weighted by atomic mass is 35.5. The van der Waals surface area contributed by atoms with Crippen LogP contribution in [-0.4, -0.2) is 121 Å². The minimum absolute atomic E-state index is 0.0951. The lowest BCUT2D eigenvalue weighted by atomic mass is 9.77. The molecule has 4 amide bonds. The van der Waals surface area contributed by atoms with Crippen LogP contribution in [0.2, 0.25) is 5.02 Å². The van der Waals surface area contributed by atoms with Crippen LogP contribution < -0.4 is 24.9 Å². The van der Waals surface area contributed by atoms with Gasteiger partial charge in [-0.15, -0.1) is 10.2 Å². The van der Waals surface area contributed by atoms with Crippen molar-refractivity contribution < 1.29 is 19.2 Å². The number of hydrogen-bond acceptors (Lipinski definition) is 11. The van der Waals surface area contributed by atoms with Crippen molar-refractivity contribution in [1.29, 1.82) is 0 Å². The molecule has 0 aliphatic carbocycles. The number of nitrogens with zero attached hydrogens (tertiary/aromatic N) is 9. The molecule has 3 aromatic rings. The molecule has 1 aromatic heterocycles. The van der Waals surface area contributed by atoms with Gasteiger partial charge in [-0.25, -0.2) is 4.85 Å². The number of fused-ring (bicyclic) bond motifs is 1. The lowest BCUT2D eigenvalue weighted by Gasteiger charge is -2.50. The Morgan fingerprint density at radius 2 is 1.56 bits per heavy atom. The number of likely N-dealkylation sites (N-methyl/N-ethyl adjacent to an activating group) is 1. The van der Waals surface area contributed by atoms with Crippen molar-refractivity contribution in [3.05, 3.63) is 76.1 Å². The maximum Gasteiger partial charge on any atom is 0.262 e. The second kappa shape index (κ2) is 14.6. The average molecular weight is 791 g/mol. The summed E-state index contributed by atoms with van der Waals surface area (Å²) in [5.74, 6) is -0.0988. The molecule has 14 nitrogen and oxygen atoms in total. The predicted molar refractivity (Wildman–Crippen MR) is 217 cm³/mol. The Morgan fingerprint density at radius 3 is 2.21 bits per heavy atom. The van der Waals surface area contributed by atoms with Gasteiger partial charge in [0.15, 0.2) is 11.6 Å². The number of imide groups is 2. The first kappa shape index (κ1) is 37.3. The van der Waals surface area contributed by atoms with E-state index in [2.05, 4.69) is 58.8 Å². The summed E-state index contributed by atoms with van der Waals surface area (Å²) in [5.41, 5.74) is 3.31. The Labute approximate surface area is 337 Å². The maximum absolute atomic E-state index is 13.3. The third-order valence-electron chi connectivity index (χ3n) is 13.5. The minimum Gasteiger partial charge on any atom is -0.369 e. The van der Waals surface area contributed by atoms with E-state index < -0.39 is 23.8 Å². The molecule has 57 heavy (non-hydrogen) atoms. The van der Waals surface area contributed by atoms with E-state index in [1.807, 2.05) is 31.3 Å². The molecule has 6 aliphatic rings.